The molecule has 0 saturated carbocycles. The van der Waals surface area contributed by atoms with Crippen molar-refractivity contribution in [3.05, 3.63) is 17.5 Å². The van der Waals surface area contributed by atoms with Crippen LogP contribution in [-0.4, -0.2) is 35.4 Å². The molecule has 2 heterocycles. The normalized spacial score (nSPS) is 19.5. The highest BCUT2D eigenvalue weighted by Gasteiger charge is 2.22. The highest BCUT2D eigenvalue weighted by Crippen LogP contribution is 2.11. The number of ether oxygens (including phenoxy) is 1. The molecular formula is C12H19N3O2. The van der Waals surface area contributed by atoms with Gasteiger partial charge in [0.1, 0.15) is 6.10 Å². The first-order valence-corrected chi connectivity index (χ1v) is 6.15. The largest absolute Gasteiger partial charge is 0.368 e. The SMILES string of the molecule is Cc1[nH]ncc1CCCNC(=O)C1CCCO1. The Hall–Kier alpha value is -1.36. The Bertz CT molecular complexity index is 370. The first-order valence-electron chi connectivity index (χ1n) is 6.15. The lowest BCUT2D eigenvalue weighted by Crippen LogP contribution is -2.34. The zero-order chi connectivity index (χ0) is 12.1. The van der Waals surface area contributed by atoms with Crippen molar-refractivity contribution in [2.24, 2.45) is 0 Å². The van der Waals surface area contributed by atoms with E-state index in [1.807, 2.05) is 13.1 Å². The first kappa shape index (κ1) is 12.1. The average Bonchev–Trinajstić information content (AvgIpc) is 2.96. The maximum Gasteiger partial charge on any atom is 0.249 e. The van der Waals surface area contributed by atoms with Gasteiger partial charge in [-0.1, -0.05) is 0 Å². The Labute approximate surface area is 101 Å². The van der Waals surface area contributed by atoms with Crippen LogP contribution in [0.1, 0.15) is 30.5 Å². The number of aryl methyl sites for hydroxylation is 2. The van der Waals surface area contributed by atoms with Gasteiger partial charge in [-0.2, -0.15) is 5.10 Å². The van der Waals surface area contributed by atoms with E-state index >= 15 is 0 Å². The lowest BCUT2D eigenvalue weighted by atomic mass is 10.1. The molecule has 1 unspecified atom stereocenters. The van der Waals surface area contributed by atoms with E-state index in [1.165, 1.54) is 5.56 Å². The average molecular weight is 237 g/mol. The van der Waals surface area contributed by atoms with Gasteiger partial charge >= 0.3 is 0 Å². The van der Waals surface area contributed by atoms with Crippen LogP contribution in [0.5, 0.6) is 0 Å². The summed E-state index contributed by atoms with van der Waals surface area (Å²) >= 11 is 0. The molecule has 2 rings (SSSR count). The van der Waals surface area contributed by atoms with Crippen molar-refractivity contribution in [1.82, 2.24) is 15.5 Å². The summed E-state index contributed by atoms with van der Waals surface area (Å²) in [6.45, 7) is 3.42. The Morgan fingerprint density at radius 2 is 2.59 bits per heavy atom. The highest BCUT2D eigenvalue weighted by atomic mass is 16.5. The number of H-pyrrole nitrogens is 1. The van der Waals surface area contributed by atoms with Crippen molar-refractivity contribution in [3.63, 3.8) is 0 Å². The van der Waals surface area contributed by atoms with Crippen LogP contribution < -0.4 is 5.32 Å². The van der Waals surface area contributed by atoms with Crippen LogP contribution in [0.25, 0.3) is 0 Å². The minimum atomic E-state index is -0.217. The zero-order valence-corrected chi connectivity index (χ0v) is 10.2. The molecule has 17 heavy (non-hydrogen) atoms. The Balaban J connectivity index is 1.63. The highest BCUT2D eigenvalue weighted by molar-refractivity contribution is 5.80. The van der Waals surface area contributed by atoms with E-state index in [1.54, 1.807) is 0 Å². The molecule has 94 valence electrons. The predicted molar refractivity (Wildman–Crippen MR) is 63.6 cm³/mol. The van der Waals surface area contributed by atoms with Crippen molar-refractivity contribution in [2.75, 3.05) is 13.2 Å². The lowest BCUT2D eigenvalue weighted by molar-refractivity contribution is -0.130. The standard InChI is InChI=1S/C12H19N3O2/c1-9-10(8-14-15-9)4-2-6-13-12(16)11-5-3-7-17-11/h8,11H,2-7H2,1H3,(H,13,16)(H,14,15). The molecule has 0 spiro atoms. The monoisotopic (exact) mass is 237 g/mol. The quantitative estimate of drug-likeness (QED) is 0.749. The number of carbonyl (C=O) groups is 1. The van der Waals surface area contributed by atoms with Gasteiger partial charge in [0.2, 0.25) is 5.91 Å². The smallest absolute Gasteiger partial charge is 0.249 e. The van der Waals surface area contributed by atoms with E-state index < -0.39 is 0 Å². The van der Waals surface area contributed by atoms with E-state index in [0.29, 0.717) is 13.2 Å². The number of hydrogen-bond acceptors (Lipinski definition) is 3. The lowest BCUT2D eigenvalue weighted by Gasteiger charge is -2.09. The fraction of sp³-hybridized carbons (Fsp3) is 0.667. The molecule has 5 nitrogen and oxygen atoms in total. The number of hydrogen-bond donors (Lipinski definition) is 2. The molecule has 0 aromatic carbocycles. The fourth-order valence-electron chi connectivity index (χ4n) is 2.02. The molecule has 1 atom stereocenters. The summed E-state index contributed by atoms with van der Waals surface area (Å²) in [5.41, 5.74) is 2.33. The minimum absolute atomic E-state index is 0.0337. The van der Waals surface area contributed by atoms with Crippen LogP contribution in [0.2, 0.25) is 0 Å². The topological polar surface area (TPSA) is 67.0 Å². The molecule has 0 aliphatic carbocycles. The van der Waals surface area contributed by atoms with Crippen LogP contribution >= 0.6 is 0 Å². The van der Waals surface area contributed by atoms with Crippen molar-refractivity contribution in [3.8, 4) is 0 Å². The van der Waals surface area contributed by atoms with Crippen molar-refractivity contribution in [2.45, 2.75) is 38.7 Å². The third-order valence-electron chi connectivity index (χ3n) is 3.08. The van der Waals surface area contributed by atoms with Crippen LogP contribution in [0.15, 0.2) is 6.20 Å². The first-order chi connectivity index (χ1) is 8.27. The molecule has 1 aliphatic rings. The molecule has 5 heteroatoms. The molecule has 1 amide bonds. The molecular weight excluding hydrogens is 218 g/mol. The number of rotatable bonds is 5. The molecule has 1 aromatic rings. The van der Waals surface area contributed by atoms with E-state index in [2.05, 4.69) is 15.5 Å². The number of nitrogens with one attached hydrogen (secondary N) is 2. The maximum absolute atomic E-state index is 11.6. The van der Waals surface area contributed by atoms with Gasteiger partial charge in [-0.05, 0) is 38.2 Å². The van der Waals surface area contributed by atoms with Crippen molar-refractivity contribution < 1.29 is 9.53 Å². The van der Waals surface area contributed by atoms with Crippen molar-refractivity contribution in [1.29, 1.82) is 0 Å². The summed E-state index contributed by atoms with van der Waals surface area (Å²) in [5.74, 6) is 0.0337. The van der Waals surface area contributed by atoms with Crippen LogP contribution in [0.4, 0.5) is 0 Å². The van der Waals surface area contributed by atoms with E-state index in [-0.39, 0.29) is 12.0 Å². The molecule has 1 saturated heterocycles. The van der Waals surface area contributed by atoms with E-state index in [4.69, 9.17) is 4.74 Å². The third-order valence-corrected chi connectivity index (χ3v) is 3.08. The van der Waals surface area contributed by atoms with Crippen LogP contribution in [-0.2, 0) is 16.0 Å². The third kappa shape index (κ3) is 3.30. The Morgan fingerprint density at radius 1 is 1.71 bits per heavy atom. The molecule has 0 radical (unpaired) electrons. The van der Waals surface area contributed by atoms with Gasteiger partial charge in [0, 0.05) is 18.8 Å². The molecule has 2 N–H and O–H groups in total. The predicted octanol–water partition coefficient (Wildman–Crippen LogP) is 0.946. The van der Waals surface area contributed by atoms with Gasteiger partial charge in [-0.25, -0.2) is 0 Å². The number of aromatic nitrogens is 2. The molecule has 1 aliphatic heterocycles. The molecule has 1 fully saturated rings. The number of carbonyl (C=O) groups excluding carboxylic acids is 1. The summed E-state index contributed by atoms with van der Waals surface area (Å²) in [6, 6.07) is 0. The summed E-state index contributed by atoms with van der Waals surface area (Å²) in [4.78, 5) is 11.6. The van der Waals surface area contributed by atoms with Crippen molar-refractivity contribution >= 4 is 5.91 Å². The Morgan fingerprint density at radius 3 is 3.24 bits per heavy atom. The number of nitrogens with zero attached hydrogens (tertiary/aromatic N) is 1. The van der Waals surface area contributed by atoms with Crippen LogP contribution in [0.3, 0.4) is 0 Å². The summed E-state index contributed by atoms with van der Waals surface area (Å²) in [5, 5.41) is 9.78. The summed E-state index contributed by atoms with van der Waals surface area (Å²) in [6.07, 6.45) is 5.34. The fourth-order valence-corrected chi connectivity index (χ4v) is 2.02. The van der Waals surface area contributed by atoms with Crippen LogP contribution in [0, 0.1) is 6.92 Å². The van der Waals surface area contributed by atoms with Gasteiger partial charge < -0.3 is 10.1 Å². The van der Waals surface area contributed by atoms with E-state index in [9.17, 15) is 4.79 Å². The molecule has 0 bridgehead atoms. The second-order valence-electron chi connectivity index (χ2n) is 4.42. The summed E-state index contributed by atoms with van der Waals surface area (Å²) < 4.78 is 5.31. The van der Waals surface area contributed by atoms with Gasteiger partial charge in [-0.3, -0.25) is 9.89 Å². The molecule has 1 aromatic heterocycles. The van der Waals surface area contributed by atoms with Gasteiger partial charge in [-0.15, -0.1) is 0 Å². The second-order valence-corrected chi connectivity index (χ2v) is 4.42. The number of aromatic amines is 1. The van der Waals surface area contributed by atoms with Gasteiger partial charge in [0.25, 0.3) is 0 Å². The minimum Gasteiger partial charge on any atom is -0.368 e. The second kappa shape index (κ2) is 5.82. The zero-order valence-electron chi connectivity index (χ0n) is 10.2. The van der Waals surface area contributed by atoms with E-state index in [0.717, 1.165) is 31.4 Å². The maximum atomic E-state index is 11.6. The van der Waals surface area contributed by atoms with Gasteiger partial charge in [0.05, 0.1) is 6.20 Å². The van der Waals surface area contributed by atoms with Gasteiger partial charge in [0.15, 0.2) is 0 Å². The summed E-state index contributed by atoms with van der Waals surface area (Å²) in [7, 11) is 0. The Kier molecular flexibility index (Phi) is 4.14. The number of amides is 1.